The van der Waals surface area contributed by atoms with E-state index < -0.39 is 0 Å². The molecule has 0 spiro atoms. The van der Waals surface area contributed by atoms with E-state index in [0.717, 1.165) is 5.92 Å². The normalized spacial score (nSPS) is 22.4. The van der Waals surface area contributed by atoms with Crippen LogP contribution in [-0.2, 0) is 0 Å². The quantitative estimate of drug-likeness (QED) is 0.729. The van der Waals surface area contributed by atoms with Gasteiger partial charge in [0.15, 0.2) is 0 Å². The molecule has 0 aliphatic heterocycles. The van der Waals surface area contributed by atoms with E-state index >= 15 is 0 Å². The fourth-order valence-electron chi connectivity index (χ4n) is 2.91. The van der Waals surface area contributed by atoms with E-state index in [0.29, 0.717) is 5.41 Å². The summed E-state index contributed by atoms with van der Waals surface area (Å²) < 4.78 is 0. The molecule has 1 saturated carbocycles. The molecule has 0 amide bonds. The first-order chi connectivity index (χ1) is 7.85. The summed E-state index contributed by atoms with van der Waals surface area (Å²) in [6, 6.07) is 0. The van der Waals surface area contributed by atoms with Gasteiger partial charge in [-0.3, -0.25) is 0 Å². The van der Waals surface area contributed by atoms with Gasteiger partial charge < -0.3 is 5.32 Å². The third kappa shape index (κ3) is 5.90. The molecule has 1 nitrogen and oxygen atoms in total. The second-order valence-electron chi connectivity index (χ2n) is 7.48. The lowest BCUT2D eigenvalue weighted by Gasteiger charge is -2.37. The van der Waals surface area contributed by atoms with Gasteiger partial charge >= 0.3 is 0 Å². The van der Waals surface area contributed by atoms with E-state index in [2.05, 4.69) is 39.9 Å². The van der Waals surface area contributed by atoms with Crippen molar-refractivity contribution in [3.63, 3.8) is 0 Å². The minimum Gasteiger partial charge on any atom is -0.312 e. The number of rotatable bonds is 5. The third-order valence-corrected chi connectivity index (χ3v) is 4.41. The van der Waals surface area contributed by atoms with Crippen molar-refractivity contribution in [2.24, 2.45) is 11.3 Å². The van der Waals surface area contributed by atoms with Crippen LogP contribution in [0.25, 0.3) is 0 Å². The van der Waals surface area contributed by atoms with Gasteiger partial charge in [-0.05, 0) is 44.9 Å². The van der Waals surface area contributed by atoms with E-state index in [1.165, 1.54) is 51.5 Å². The minimum absolute atomic E-state index is 0.253. The van der Waals surface area contributed by atoms with Crippen molar-refractivity contribution >= 4 is 0 Å². The zero-order valence-electron chi connectivity index (χ0n) is 12.7. The van der Waals surface area contributed by atoms with Gasteiger partial charge in [0.1, 0.15) is 0 Å². The van der Waals surface area contributed by atoms with Crippen LogP contribution in [0.4, 0.5) is 0 Å². The highest BCUT2D eigenvalue weighted by molar-refractivity contribution is 4.83. The average molecular weight is 239 g/mol. The van der Waals surface area contributed by atoms with Crippen molar-refractivity contribution in [1.82, 2.24) is 5.32 Å². The Kier molecular flexibility index (Phi) is 5.50. The lowest BCUT2D eigenvalue weighted by molar-refractivity contribution is 0.176. The monoisotopic (exact) mass is 239 g/mol. The summed E-state index contributed by atoms with van der Waals surface area (Å²) in [5.41, 5.74) is 0.748. The van der Waals surface area contributed by atoms with Crippen LogP contribution in [-0.4, -0.2) is 12.1 Å². The van der Waals surface area contributed by atoms with Crippen LogP contribution in [0, 0.1) is 11.3 Å². The molecular weight excluding hydrogens is 206 g/mol. The Bertz CT molecular complexity index is 210. The van der Waals surface area contributed by atoms with Gasteiger partial charge in [-0.2, -0.15) is 0 Å². The van der Waals surface area contributed by atoms with Gasteiger partial charge in [-0.25, -0.2) is 0 Å². The van der Waals surface area contributed by atoms with Gasteiger partial charge in [0, 0.05) is 12.1 Å². The first kappa shape index (κ1) is 15.0. The molecule has 102 valence electrons. The van der Waals surface area contributed by atoms with Crippen LogP contribution in [0.5, 0.6) is 0 Å². The van der Waals surface area contributed by atoms with E-state index in [4.69, 9.17) is 0 Å². The SMILES string of the molecule is CCC(C)(CNC(C)(C)C)CC1CCCCC1. The molecule has 0 aromatic carbocycles. The molecule has 17 heavy (non-hydrogen) atoms. The van der Waals surface area contributed by atoms with E-state index in [1.54, 1.807) is 0 Å². The Morgan fingerprint density at radius 1 is 1.00 bits per heavy atom. The predicted molar refractivity (Wildman–Crippen MR) is 77.3 cm³/mol. The number of hydrogen-bond acceptors (Lipinski definition) is 1. The lowest BCUT2D eigenvalue weighted by Crippen LogP contribution is -2.43. The molecule has 1 heteroatoms. The summed E-state index contributed by atoms with van der Waals surface area (Å²) in [5.74, 6) is 0.996. The second-order valence-corrected chi connectivity index (χ2v) is 7.48. The van der Waals surface area contributed by atoms with Crippen LogP contribution < -0.4 is 5.32 Å². The van der Waals surface area contributed by atoms with Gasteiger partial charge in [0.2, 0.25) is 0 Å². The summed E-state index contributed by atoms with van der Waals surface area (Å²) in [6.45, 7) is 12.8. The summed E-state index contributed by atoms with van der Waals surface area (Å²) in [4.78, 5) is 0. The van der Waals surface area contributed by atoms with Crippen molar-refractivity contribution in [2.75, 3.05) is 6.54 Å². The van der Waals surface area contributed by atoms with Gasteiger partial charge in [-0.1, -0.05) is 46.0 Å². The van der Waals surface area contributed by atoms with Crippen molar-refractivity contribution < 1.29 is 0 Å². The van der Waals surface area contributed by atoms with Crippen LogP contribution in [0.1, 0.15) is 79.6 Å². The fraction of sp³-hybridized carbons (Fsp3) is 1.00. The molecule has 1 atom stereocenters. The van der Waals surface area contributed by atoms with Crippen LogP contribution in [0.15, 0.2) is 0 Å². The molecular formula is C16H33N. The zero-order chi connectivity index (χ0) is 12.9. The fourth-order valence-corrected chi connectivity index (χ4v) is 2.91. The first-order valence-electron chi connectivity index (χ1n) is 7.60. The minimum atomic E-state index is 0.253. The maximum absolute atomic E-state index is 3.70. The smallest absolute Gasteiger partial charge is 0.00967 e. The van der Waals surface area contributed by atoms with Gasteiger partial charge in [-0.15, -0.1) is 0 Å². The van der Waals surface area contributed by atoms with E-state index in [1.807, 2.05) is 0 Å². The molecule has 1 fully saturated rings. The maximum atomic E-state index is 3.70. The standard InChI is InChI=1S/C16H33N/c1-6-16(5,13-17-15(2,3)4)12-14-10-8-7-9-11-14/h14,17H,6-13H2,1-5H3. The van der Waals surface area contributed by atoms with Crippen molar-refractivity contribution in [3.05, 3.63) is 0 Å². The Morgan fingerprint density at radius 2 is 1.59 bits per heavy atom. The Labute approximate surface area is 109 Å². The Morgan fingerprint density at radius 3 is 2.06 bits per heavy atom. The largest absolute Gasteiger partial charge is 0.312 e. The topological polar surface area (TPSA) is 12.0 Å². The van der Waals surface area contributed by atoms with Gasteiger partial charge in [0.25, 0.3) is 0 Å². The molecule has 0 aromatic rings. The predicted octanol–water partition coefficient (Wildman–Crippen LogP) is 4.76. The maximum Gasteiger partial charge on any atom is 0.00967 e. The number of hydrogen-bond donors (Lipinski definition) is 1. The number of nitrogens with one attached hydrogen (secondary N) is 1. The summed E-state index contributed by atoms with van der Waals surface area (Å²) in [5, 5.41) is 3.70. The molecule has 1 aliphatic carbocycles. The first-order valence-corrected chi connectivity index (χ1v) is 7.60. The highest BCUT2D eigenvalue weighted by atomic mass is 15.0. The molecule has 1 unspecified atom stereocenters. The molecule has 0 bridgehead atoms. The van der Waals surface area contributed by atoms with Gasteiger partial charge in [0.05, 0.1) is 0 Å². The van der Waals surface area contributed by atoms with Crippen LogP contribution in [0.3, 0.4) is 0 Å². The summed E-state index contributed by atoms with van der Waals surface area (Å²) in [6.07, 6.45) is 10.1. The Balaban J connectivity index is 2.43. The summed E-state index contributed by atoms with van der Waals surface area (Å²) >= 11 is 0. The highest BCUT2D eigenvalue weighted by Gasteiger charge is 2.28. The zero-order valence-corrected chi connectivity index (χ0v) is 12.7. The van der Waals surface area contributed by atoms with Crippen molar-refractivity contribution in [2.45, 2.75) is 85.1 Å². The molecule has 0 saturated heterocycles. The summed E-state index contributed by atoms with van der Waals surface area (Å²) in [7, 11) is 0. The average Bonchev–Trinajstić information content (AvgIpc) is 2.27. The lowest BCUT2D eigenvalue weighted by atomic mass is 9.74. The Hall–Kier alpha value is -0.0400. The molecule has 1 rings (SSSR count). The molecule has 1 N–H and O–H groups in total. The van der Waals surface area contributed by atoms with Crippen molar-refractivity contribution in [1.29, 1.82) is 0 Å². The van der Waals surface area contributed by atoms with E-state index in [-0.39, 0.29) is 5.54 Å². The van der Waals surface area contributed by atoms with Crippen LogP contribution in [0.2, 0.25) is 0 Å². The second kappa shape index (κ2) is 6.22. The molecule has 0 aromatic heterocycles. The molecule has 0 radical (unpaired) electrons. The third-order valence-electron chi connectivity index (χ3n) is 4.41. The van der Waals surface area contributed by atoms with Crippen molar-refractivity contribution in [3.8, 4) is 0 Å². The highest BCUT2D eigenvalue weighted by Crippen LogP contribution is 2.36. The van der Waals surface area contributed by atoms with Crippen LogP contribution >= 0.6 is 0 Å². The molecule has 1 aliphatic rings. The molecule has 0 heterocycles. The van der Waals surface area contributed by atoms with E-state index in [9.17, 15) is 0 Å².